The Hall–Kier alpha value is 0. The van der Waals surface area contributed by atoms with Gasteiger partial charge in [0.2, 0.25) is 0 Å². The third-order valence-corrected chi connectivity index (χ3v) is 6.43. The van der Waals surface area contributed by atoms with Crippen molar-refractivity contribution in [1.29, 1.82) is 0 Å². The van der Waals surface area contributed by atoms with Crippen LogP contribution in [0.1, 0.15) is 65.7 Å². The highest BCUT2D eigenvalue weighted by atomic mass is 14.6. The van der Waals surface area contributed by atoms with Gasteiger partial charge in [0.1, 0.15) is 0 Å². The summed E-state index contributed by atoms with van der Waals surface area (Å²) in [5.74, 6) is 3.29. The lowest BCUT2D eigenvalue weighted by molar-refractivity contribution is -0.163. The van der Waals surface area contributed by atoms with Gasteiger partial charge in [-0.2, -0.15) is 0 Å². The third kappa shape index (κ3) is 1.20. The fourth-order valence-corrected chi connectivity index (χ4v) is 5.76. The predicted molar refractivity (Wildman–Crippen MR) is 64.7 cm³/mol. The van der Waals surface area contributed by atoms with Crippen molar-refractivity contribution in [2.24, 2.45) is 28.6 Å². The van der Waals surface area contributed by atoms with Crippen molar-refractivity contribution < 1.29 is 0 Å². The molecule has 0 amide bonds. The first-order valence-corrected chi connectivity index (χ1v) is 7.07. The highest BCUT2D eigenvalue weighted by molar-refractivity contribution is 5.09. The molecule has 4 saturated carbocycles. The van der Waals surface area contributed by atoms with Crippen LogP contribution in [0.5, 0.6) is 0 Å². The third-order valence-electron chi connectivity index (χ3n) is 6.43. The van der Waals surface area contributed by atoms with E-state index in [1.54, 1.807) is 32.1 Å². The van der Waals surface area contributed by atoms with E-state index >= 15 is 0 Å². The molecule has 4 bridgehead atoms. The highest BCUT2D eigenvalue weighted by Gasteiger charge is 2.60. The summed E-state index contributed by atoms with van der Waals surface area (Å²) in [5, 5.41) is 0. The lowest BCUT2D eigenvalue weighted by atomic mass is 9.39. The van der Waals surface area contributed by atoms with Crippen LogP contribution in [0, 0.1) is 28.6 Å². The van der Waals surface area contributed by atoms with Gasteiger partial charge in [0, 0.05) is 0 Å². The quantitative estimate of drug-likeness (QED) is 0.617. The zero-order chi connectivity index (χ0) is 10.7. The second kappa shape index (κ2) is 3.02. The van der Waals surface area contributed by atoms with Crippen molar-refractivity contribution in [3.8, 4) is 0 Å². The molecule has 4 aliphatic carbocycles. The fourth-order valence-electron chi connectivity index (χ4n) is 5.76. The minimum atomic E-state index is 0.690. The molecule has 0 aromatic heterocycles. The van der Waals surface area contributed by atoms with Gasteiger partial charge in [-0.25, -0.2) is 0 Å². The van der Waals surface area contributed by atoms with Gasteiger partial charge in [0.15, 0.2) is 0 Å². The normalized spacial score (nSPS) is 57.4. The molecular formula is C15H26. The molecule has 0 N–H and O–H groups in total. The van der Waals surface area contributed by atoms with Crippen LogP contribution in [0.3, 0.4) is 0 Å². The van der Waals surface area contributed by atoms with Gasteiger partial charge in [0.25, 0.3) is 0 Å². The van der Waals surface area contributed by atoms with E-state index in [1.165, 1.54) is 12.8 Å². The van der Waals surface area contributed by atoms with E-state index in [9.17, 15) is 0 Å². The minimum Gasteiger partial charge on any atom is -0.0654 e. The van der Waals surface area contributed by atoms with Crippen LogP contribution < -0.4 is 0 Å². The van der Waals surface area contributed by atoms with Crippen LogP contribution in [0.15, 0.2) is 0 Å². The minimum absolute atomic E-state index is 0.690. The van der Waals surface area contributed by atoms with Gasteiger partial charge in [-0.1, -0.05) is 27.2 Å². The van der Waals surface area contributed by atoms with Gasteiger partial charge >= 0.3 is 0 Å². The lowest BCUT2D eigenvalue weighted by Crippen LogP contribution is -2.57. The lowest BCUT2D eigenvalue weighted by Gasteiger charge is -2.66. The summed E-state index contributed by atoms with van der Waals surface area (Å²) >= 11 is 0. The summed E-state index contributed by atoms with van der Waals surface area (Å²) in [6, 6.07) is 0. The van der Waals surface area contributed by atoms with E-state index in [-0.39, 0.29) is 0 Å². The van der Waals surface area contributed by atoms with Crippen LogP contribution in [0.4, 0.5) is 0 Å². The Kier molecular flexibility index (Phi) is 2.05. The van der Waals surface area contributed by atoms with Crippen LogP contribution in [-0.2, 0) is 0 Å². The average Bonchev–Trinajstić information content (AvgIpc) is 2.13. The Morgan fingerprint density at radius 1 is 1.00 bits per heavy atom. The summed E-state index contributed by atoms with van der Waals surface area (Å²) in [6.07, 6.45) is 10.7. The molecule has 3 atom stereocenters. The van der Waals surface area contributed by atoms with Gasteiger partial charge in [-0.3, -0.25) is 0 Å². The molecule has 0 nitrogen and oxygen atoms in total. The molecule has 15 heavy (non-hydrogen) atoms. The molecule has 0 heteroatoms. The largest absolute Gasteiger partial charge is 0.0654 e. The van der Waals surface area contributed by atoms with E-state index in [4.69, 9.17) is 0 Å². The molecule has 0 aromatic carbocycles. The van der Waals surface area contributed by atoms with Crippen LogP contribution >= 0.6 is 0 Å². The SMILES string of the molecule is CCCC1(C)C2CC3CC(C2)CC1(C)C3. The molecule has 0 spiro atoms. The maximum absolute atomic E-state index is 2.62. The topological polar surface area (TPSA) is 0 Å². The van der Waals surface area contributed by atoms with E-state index < -0.39 is 0 Å². The van der Waals surface area contributed by atoms with Gasteiger partial charge in [-0.15, -0.1) is 0 Å². The molecule has 4 fully saturated rings. The van der Waals surface area contributed by atoms with E-state index in [0.717, 1.165) is 17.8 Å². The Morgan fingerprint density at radius 2 is 1.60 bits per heavy atom. The summed E-state index contributed by atoms with van der Waals surface area (Å²) in [6.45, 7) is 7.62. The second-order valence-electron chi connectivity index (χ2n) is 7.27. The first kappa shape index (κ1) is 10.2. The molecule has 0 aromatic rings. The van der Waals surface area contributed by atoms with Crippen molar-refractivity contribution in [3.05, 3.63) is 0 Å². The molecule has 4 aliphatic rings. The van der Waals surface area contributed by atoms with Crippen molar-refractivity contribution in [3.63, 3.8) is 0 Å². The van der Waals surface area contributed by atoms with Gasteiger partial charge < -0.3 is 0 Å². The number of hydrogen-bond acceptors (Lipinski definition) is 0. The maximum Gasteiger partial charge on any atom is -0.0243 e. The van der Waals surface area contributed by atoms with E-state index in [0.29, 0.717) is 10.8 Å². The zero-order valence-corrected chi connectivity index (χ0v) is 10.7. The Morgan fingerprint density at radius 3 is 2.07 bits per heavy atom. The van der Waals surface area contributed by atoms with Crippen molar-refractivity contribution in [2.45, 2.75) is 65.7 Å². The fraction of sp³-hybridized carbons (Fsp3) is 1.00. The van der Waals surface area contributed by atoms with Crippen molar-refractivity contribution in [1.82, 2.24) is 0 Å². The molecule has 3 unspecified atom stereocenters. The van der Waals surface area contributed by atoms with Crippen LogP contribution in [0.2, 0.25) is 0 Å². The van der Waals surface area contributed by atoms with E-state index in [2.05, 4.69) is 20.8 Å². The highest BCUT2D eigenvalue weighted by Crippen LogP contribution is 2.69. The zero-order valence-electron chi connectivity index (χ0n) is 10.7. The molecule has 0 radical (unpaired) electrons. The summed E-state index contributed by atoms with van der Waals surface area (Å²) in [5.41, 5.74) is 1.40. The van der Waals surface area contributed by atoms with Gasteiger partial charge in [-0.05, 0) is 67.1 Å². The Labute approximate surface area is 94.8 Å². The summed E-state index contributed by atoms with van der Waals surface area (Å²) in [4.78, 5) is 0. The predicted octanol–water partition coefficient (Wildman–Crippen LogP) is 4.64. The molecule has 0 saturated heterocycles. The average molecular weight is 206 g/mol. The maximum atomic E-state index is 2.62. The summed E-state index contributed by atoms with van der Waals surface area (Å²) in [7, 11) is 0. The first-order chi connectivity index (χ1) is 7.07. The standard InChI is InChI=1S/C15H26/c1-4-5-15(3)13-7-11-6-12(8-13)10-14(15,2)9-11/h11-13H,4-10H2,1-3H3. The van der Waals surface area contributed by atoms with Gasteiger partial charge in [0.05, 0.1) is 0 Å². The smallest absolute Gasteiger partial charge is 0.0243 e. The molecular weight excluding hydrogens is 180 g/mol. The number of rotatable bonds is 2. The van der Waals surface area contributed by atoms with Crippen molar-refractivity contribution in [2.75, 3.05) is 0 Å². The monoisotopic (exact) mass is 206 g/mol. The van der Waals surface area contributed by atoms with Crippen LogP contribution in [-0.4, -0.2) is 0 Å². The molecule has 0 aliphatic heterocycles. The first-order valence-electron chi connectivity index (χ1n) is 7.07. The summed E-state index contributed by atoms with van der Waals surface area (Å²) < 4.78 is 0. The Bertz CT molecular complexity index is 253. The van der Waals surface area contributed by atoms with Crippen LogP contribution in [0.25, 0.3) is 0 Å². The molecule has 4 rings (SSSR count). The Balaban J connectivity index is 1.96. The second-order valence-corrected chi connectivity index (χ2v) is 7.27. The molecule has 86 valence electrons. The van der Waals surface area contributed by atoms with E-state index in [1.807, 2.05) is 0 Å². The van der Waals surface area contributed by atoms with Crippen molar-refractivity contribution >= 4 is 0 Å². The number of hydrogen-bond donors (Lipinski definition) is 0. The molecule has 0 heterocycles.